The fourth-order valence-electron chi connectivity index (χ4n) is 1.42. The van der Waals surface area contributed by atoms with Crippen molar-refractivity contribution < 1.29 is 5.21 Å². The third-order valence-electron chi connectivity index (χ3n) is 2.35. The first-order valence-corrected chi connectivity index (χ1v) is 5.70. The molecular weight excluding hydrogens is 186 g/mol. The molecule has 4 nitrogen and oxygen atoms in total. The Morgan fingerprint density at radius 1 is 1.54 bits per heavy atom. The zero-order valence-electron chi connectivity index (χ0n) is 7.94. The minimum atomic E-state index is 0.0590. The molecule has 0 aliphatic carbocycles. The molecule has 0 bridgehead atoms. The first-order chi connectivity index (χ1) is 6.25. The average Bonchev–Trinajstić information content (AvgIpc) is 2.43. The van der Waals surface area contributed by atoms with Crippen molar-refractivity contribution >= 4 is 17.6 Å². The average molecular weight is 203 g/mol. The molecule has 0 aromatic heterocycles. The predicted octanol–water partition coefficient (Wildman–Crippen LogP) is 0.560. The minimum absolute atomic E-state index is 0.0590. The highest BCUT2D eigenvalue weighted by Crippen LogP contribution is 2.12. The fraction of sp³-hybridized carbons (Fsp3) is 0.875. The van der Waals surface area contributed by atoms with Gasteiger partial charge < -0.3 is 10.9 Å². The van der Waals surface area contributed by atoms with E-state index in [1.807, 2.05) is 18.7 Å². The first-order valence-electron chi connectivity index (χ1n) is 4.55. The number of hydrogen-bond donors (Lipinski definition) is 2. The van der Waals surface area contributed by atoms with Gasteiger partial charge >= 0.3 is 0 Å². The van der Waals surface area contributed by atoms with E-state index >= 15 is 0 Å². The van der Waals surface area contributed by atoms with Gasteiger partial charge in [-0.25, -0.2) is 0 Å². The summed E-state index contributed by atoms with van der Waals surface area (Å²) in [5, 5.41) is 11.6. The molecule has 1 unspecified atom stereocenters. The van der Waals surface area contributed by atoms with Crippen LogP contribution in [0.1, 0.15) is 13.3 Å². The summed E-state index contributed by atoms with van der Waals surface area (Å²) in [5.74, 6) is 2.68. The Hall–Kier alpha value is -0.420. The van der Waals surface area contributed by atoms with E-state index < -0.39 is 0 Å². The third-order valence-corrected chi connectivity index (χ3v) is 3.40. The molecule has 0 aromatic carbocycles. The molecule has 1 aliphatic rings. The molecule has 1 rings (SSSR count). The van der Waals surface area contributed by atoms with E-state index in [-0.39, 0.29) is 6.04 Å². The van der Waals surface area contributed by atoms with Gasteiger partial charge in [-0.2, -0.15) is 11.8 Å². The van der Waals surface area contributed by atoms with Crippen LogP contribution in [0.15, 0.2) is 5.16 Å². The molecule has 1 aliphatic heterocycles. The van der Waals surface area contributed by atoms with Crippen molar-refractivity contribution in [3.63, 3.8) is 0 Å². The lowest BCUT2D eigenvalue weighted by molar-refractivity contribution is 0.259. The summed E-state index contributed by atoms with van der Waals surface area (Å²) in [6.45, 7) is 4.05. The van der Waals surface area contributed by atoms with Crippen LogP contribution in [-0.4, -0.2) is 46.6 Å². The Labute approximate surface area is 83.2 Å². The second kappa shape index (κ2) is 5.34. The molecule has 0 radical (unpaired) electrons. The number of thioether (sulfide) groups is 1. The Balaban J connectivity index is 2.48. The van der Waals surface area contributed by atoms with Crippen LogP contribution in [0.25, 0.3) is 0 Å². The van der Waals surface area contributed by atoms with Crippen LogP contribution in [-0.2, 0) is 0 Å². The second-order valence-corrected chi connectivity index (χ2v) is 4.43. The summed E-state index contributed by atoms with van der Waals surface area (Å²) in [6.07, 6.45) is 1.19. The maximum absolute atomic E-state index is 8.54. The molecule has 1 heterocycles. The van der Waals surface area contributed by atoms with Gasteiger partial charge in [-0.3, -0.25) is 4.90 Å². The highest BCUT2D eigenvalue weighted by atomic mass is 32.2. The number of nitrogens with two attached hydrogens (primary N) is 1. The minimum Gasteiger partial charge on any atom is -0.409 e. The van der Waals surface area contributed by atoms with Crippen molar-refractivity contribution in [1.29, 1.82) is 0 Å². The van der Waals surface area contributed by atoms with E-state index in [1.165, 1.54) is 12.2 Å². The Bertz CT molecular complexity index is 178. The zero-order valence-corrected chi connectivity index (χ0v) is 8.76. The number of nitrogens with zero attached hydrogens (tertiary/aromatic N) is 2. The molecular formula is C8H17N3OS. The van der Waals surface area contributed by atoms with Gasteiger partial charge in [-0.05, 0) is 25.6 Å². The van der Waals surface area contributed by atoms with Gasteiger partial charge in [0.1, 0.15) is 0 Å². The first kappa shape index (κ1) is 10.7. The van der Waals surface area contributed by atoms with Crippen LogP contribution >= 0.6 is 11.8 Å². The van der Waals surface area contributed by atoms with Gasteiger partial charge in [0.05, 0.1) is 6.04 Å². The van der Waals surface area contributed by atoms with Gasteiger partial charge in [0.15, 0.2) is 5.84 Å². The molecule has 0 spiro atoms. The number of amidine groups is 1. The zero-order chi connectivity index (χ0) is 9.68. The SMILES string of the molecule is CC(C(N)=NO)N1CCCSCC1. The summed E-state index contributed by atoms with van der Waals surface area (Å²) in [4.78, 5) is 2.26. The molecule has 13 heavy (non-hydrogen) atoms. The Kier molecular flexibility index (Phi) is 4.38. The molecule has 1 atom stereocenters. The molecule has 0 saturated carbocycles. The van der Waals surface area contributed by atoms with Crippen molar-refractivity contribution in [3.8, 4) is 0 Å². The number of rotatable bonds is 2. The Morgan fingerprint density at radius 2 is 2.31 bits per heavy atom. The van der Waals surface area contributed by atoms with Crippen LogP contribution in [0.2, 0.25) is 0 Å². The number of oxime groups is 1. The summed E-state index contributed by atoms with van der Waals surface area (Å²) in [5.41, 5.74) is 5.55. The van der Waals surface area contributed by atoms with Crippen LogP contribution in [0.3, 0.4) is 0 Å². The van der Waals surface area contributed by atoms with Gasteiger partial charge in [-0.15, -0.1) is 0 Å². The summed E-state index contributed by atoms with van der Waals surface area (Å²) in [6, 6.07) is 0.0590. The second-order valence-electron chi connectivity index (χ2n) is 3.20. The van der Waals surface area contributed by atoms with Crippen LogP contribution < -0.4 is 5.73 Å². The van der Waals surface area contributed by atoms with Crippen molar-refractivity contribution in [2.45, 2.75) is 19.4 Å². The van der Waals surface area contributed by atoms with E-state index in [0.29, 0.717) is 5.84 Å². The van der Waals surface area contributed by atoms with E-state index in [4.69, 9.17) is 10.9 Å². The normalized spacial score (nSPS) is 23.9. The smallest absolute Gasteiger partial charge is 0.156 e. The summed E-state index contributed by atoms with van der Waals surface area (Å²) < 4.78 is 0. The Morgan fingerprint density at radius 3 is 3.00 bits per heavy atom. The topological polar surface area (TPSA) is 61.9 Å². The summed E-state index contributed by atoms with van der Waals surface area (Å²) in [7, 11) is 0. The number of hydrogen-bond acceptors (Lipinski definition) is 4. The van der Waals surface area contributed by atoms with E-state index in [9.17, 15) is 0 Å². The molecule has 0 aromatic rings. The van der Waals surface area contributed by atoms with Gasteiger partial charge in [0, 0.05) is 12.3 Å². The van der Waals surface area contributed by atoms with Crippen LogP contribution in [0.5, 0.6) is 0 Å². The largest absolute Gasteiger partial charge is 0.409 e. The van der Waals surface area contributed by atoms with Crippen LogP contribution in [0.4, 0.5) is 0 Å². The highest BCUT2D eigenvalue weighted by Gasteiger charge is 2.18. The lowest BCUT2D eigenvalue weighted by Gasteiger charge is -2.25. The molecule has 1 saturated heterocycles. The summed E-state index contributed by atoms with van der Waals surface area (Å²) >= 11 is 1.97. The fourth-order valence-corrected chi connectivity index (χ4v) is 2.32. The van der Waals surface area contributed by atoms with E-state index in [1.54, 1.807) is 0 Å². The molecule has 5 heteroatoms. The maximum Gasteiger partial charge on any atom is 0.156 e. The predicted molar refractivity (Wildman–Crippen MR) is 56.4 cm³/mol. The van der Waals surface area contributed by atoms with E-state index in [0.717, 1.165) is 18.8 Å². The van der Waals surface area contributed by atoms with Gasteiger partial charge in [0.2, 0.25) is 0 Å². The maximum atomic E-state index is 8.54. The lowest BCUT2D eigenvalue weighted by atomic mass is 10.2. The van der Waals surface area contributed by atoms with Gasteiger partial charge in [0.25, 0.3) is 0 Å². The van der Waals surface area contributed by atoms with Gasteiger partial charge in [-0.1, -0.05) is 5.16 Å². The standard InChI is InChI=1S/C8H17N3OS/c1-7(8(9)10-12)11-3-2-5-13-6-4-11/h7,12H,2-6H2,1H3,(H2,9,10). The third kappa shape index (κ3) is 3.08. The monoisotopic (exact) mass is 203 g/mol. The lowest BCUT2D eigenvalue weighted by Crippen LogP contribution is -2.43. The molecule has 1 fully saturated rings. The quantitative estimate of drug-likeness (QED) is 0.298. The van der Waals surface area contributed by atoms with Crippen LogP contribution in [0, 0.1) is 0 Å². The molecule has 76 valence electrons. The van der Waals surface area contributed by atoms with Crippen molar-refractivity contribution in [2.24, 2.45) is 10.9 Å². The van der Waals surface area contributed by atoms with Crippen molar-refractivity contribution in [1.82, 2.24) is 4.90 Å². The molecule has 0 amide bonds. The highest BCUT2D eigenvalue weighted by molar-refractivity contribution is 7.99. The van der Waals surface area contributed by atoms with E-state index in [2.05, 4.69) is 10.1 Å². The van der Waals surface area contributed by atoms with Crippen molar-refractivity contribution in [3.05, 3.63) is 0 Å². The van der Waals surface area contributed by atoms with Crippen molar-refractivity contribution in [2.75, 3.05) is 24.6 Å². The molecule has 3 N–H and O–H groups in total.